The second-order valence-corrected chi connectivity index (χ2v) is 8.72. The molecule has 6 heteroatoms. The van der Waals surface area contributed by atoms with E-state index in [4.69, 9.17) is 14.7 Å². The molecule has 25 heavy (non-hydrogen) atoms. The van der Waals surface area contributed by atoms with Gasteiger partial charge >= 0.3 is 0 Å². The third-order valence-electron chi connectivity index (χ3n) is 5.15. The quantitative estimate of drug-likeness (QED) is 0.623. The molecule has 2 aromatic rings. The maximum Gasteiger partial charge on any atom is 0.0979 e. The van der Waals surface area contributed by atoms with Crippen molar-refractivity contribution in [2.24, 2.45) is 5.16 Å². The summed E-state index contributed by atoms with van der Waals surface area (Å²) in [6, 6.07) is 8.67. The molecular formula is C19H21NO3S2. The first kappa shape index (κ1) is 17.1. The Kier molecular flexibility index (Phi) is 4.86. The van der Waals surface area contributed by atoms with Gasteiger partial charge in [0.15, 0.2) is 0 Å². The zero-order valence-electron chi connectivity index (χ0n) is 14.2. The summed E-state index contributed by atoms with van der Waals surface area (Å²) in [5.74, 6) is 0. The van der Waals surface area contributed by atoms with Crippen LogP contribution < -0.4 is 0 Å². The highest BCUT2D eigenvalue weighted by Gasteiger charge is 2.35. The molecule has 1 aliphatic heterocycles. The molecule has 2 aliphatic rings. The molecule has 0 atom stereocenters. The van der Waals surface area contributed by atoms with Crippen LogP contribution in [0.4, 0.5) is 0 Å². The lowest BCUT2D eigenvalue weighted by molar-refractivity contribution is -0.0946. The first-order valence-corrected chi connectivity index (χ1v) is 10.2. The average molecular weight is 376 g/mol. The van der Waals surface area contributed by atoms with Gasteiger partial charge in [0, 0.05) is 43.6 Å². The number of thiophene rings is 1. The molecule has 0 saturated carbocycles. The highest BCUT2D eigenvalue weighted by atomic mass is 32.2. The van der Waals surface area contributed by atoms with E-state index in [0.717, 1.165) is 50.2 Å². The van der Waals surface area contributed by atoms with Crippen LogP contribution in [-0.2, 0) is 21.5 Å². The number of ether oxygens (including phenoxy) is 2. The van der Waals surface area contributed by atoms with Gasteiger partial charge in [0.1, 0.15) is 0 Å². The van der Waals surface area contributed by atoms with E-state index in [1.165, 1.54) is 20.2 Å². The lowest BCUT2D eigenvalue weighted by Gasteiger charge is -2.35. The molecule has 0 radical (unpaired) electrons. The normalized spacial score (nSPS) is 20.8. The van der Waals surface area contributed by atoms with Crippen molar-refractivity contribution in [1.82, 2.24) is 0 Å². The standard InChI is InChI=1S/C19H21NO3S2/c1-22-19(6-8-23-9-7-19)14-11-18(24-12-14)25-15-3-4-16-13(10-15)2-5-17(16)20-21/h3-4,10-12,21H,2,5-9H2,1H3/b20-17-. The number of oxime groups is 1. The van der Waals surface area contributed by atoms with Crippen molar-refractivity contribution in [2.45, 2.75) is 40.4 Å². The van der Waals surface area contributed by atoms with E-state index >= 15 is 0 Å². The van der Waals surface area contributed by atoms with Gasteiger partial charge in [-0.3, -0.25) is 0 Å². The fourth-order valence-electron chi connectivity index (χ4n) is 3.65. The Morgan fingerprint density at radius 2 is 2.08 bits per heavy atom. The minimum atomic E-state index is -0.196. The summed E-state index contributed by atoms with van der Waals surface area (Å²) in [5.41, 5.74) is 4.22. The highest BCUT2D eigenvalue weighted by molar-refractivity contribution is 8.01. The van der Waals surface area contributed by atoms with Crippen molar-refractivity contribution in [3.63, 3.8) is 0 Å². The lowest BCUT2D eigenvalue weighted by atomic mass is 9.88. The van der Waals surface area contributed by atoms with Gasteiger partial charge in [-0.1, -0.05) is 23.0 Å². The Bertz CT molecular complexity index is 794. The SMILES string of the molecule is COC1(c2csc(Sc3ccc4c(c3)CC/C4=N/O)c2)CCOCC1. The Hall–Kier alpha value is -1.34. The minimum absolute atomic E-state index is 0.196. The predicted molar refractivity (Wildman–Crippen MR) is 100 cm³/mol. The number of rotatable bonds is 4. The predicted octanol–water partition coefficient (Wildman–Crippen LogP) is 4.68. The van der Waals surface area contributed by atoms with E-state index in [1.807, 2.05) is 0 Å². The molecule has 4 nitrogen and oxygen atoms in total. The molecule has 0 bridgehead atoms. The number of methoxy groups -OCH3 is 1. The Balaban J connectivity index is 1.54. The summed E-state index contributed by atoms with van der Waals surface area (Å²) in [6.45, 7) is 1.51. The lowest BCUT2D eigenvalue weighted by Crippen LogP contribution is -2.35. The molecule has 1 aliphatic carbocycles. The summed E-state index contributed by atoms with van der Waals surface area (Å²) in [6.07, 6.45) is 3.59. The van der Waals surface area contributed by atoms with Crippen molar-refractivity contribution in [1.29, 1.82) is 0 Å². The molecule has 1 aromatic carbocycles. The van der Waals surface area contributed by atoms with Crippen LogP contribution in [0.25, 0.3) is 0 Å². The molecule has 4 rings (SSSR count). The van der Waals surface area contributed by atoms with E-state index in [-0.39, 0.29) is 5.60 Å². The zero-order valence-corrected chi connectivity index (χ0v) is 15.8. The van der Waals surface area contributed by atoms with Crippen LogP contribution in [0.2, 0.25) is 0 Å². The summed E-state index contributed by atoms with van der Waals surface area (Å²) in [4.78, 5) is 1.23. The van der Waals surface area contributed by atoms with E-state index in [2.05, 4.69) is 34.8 Å². The van der Waals surface area contributed by atoms with Crippen LogP contribution in [0, 0.1) is 0 Å². The molecule has 2 heterocycles. The maximum atomic E-state index is 9.06. The van der Waals surface area contributed by atoms with Gasteiger partial charge in [-0.2, -0.15) is 0 Å². The largest absolute Gasteiger partial charge is 0.411 e. The second kappa shape index (κ2) is 7.11. The molecule has 0 unspecified atom stereocenters. The van der Waals surface area contributed by atoms with Crippen LogP contribution in [0.5, 0.6) is 0 Å². The van der Waals surface area contributed by atoms with Crippen LogP contribution in [0.15, 0.2) is 43.9 Å². The Morgan fingerprint density at radius 1 is 1.24 bits per heavy atom. The number of fused-ring (bicyclic) bond motifs is 1. The van der Waals surface area contributed by atoms with E-state index < -0.39 is 0 Å². The van der Waals surface area contributed by atoms with Crippen molar-refractivity contribution in [3.8, 4) is 0 Å². The monoisotopic (exact) mass is 375 g/mol. The third kappa shape index (κ3) is 3.24. The molecule has 1 N–H and O–H groups in total. The van der Waals surface area contributed by atoms with Gasteiger partial charge < -0.3 is 14.7 Å². The van der Waals surface area contributed by atoms with Gasteiger partial charge in [0.05, 0.1) is 15.5 Å². The maximum absolute atomic E-state index is 9.06. The van der Waals surface area contributed by atoms with Gasteiger partial charge in [-0.25, -0.2) is 0 Å². The van der Waals surface area contributed by atoms with E-state index in [9.17, 15) is 0 Å². The smallest absolute Gasteiger partial charge is 0.0979 e. The fraction of sp³-hybridized carbons (Fsp3) is 0.421. The van der Waals surface area contributed by atoms with Crippen molar-refractivity contribution >= 4 is 28.8 Å². The van der Waals surface area contributed by atoms with Crippen molar-refractivity contribution < 1.29 is 14.7 Å². The zero-order chi connectivity index (χ0) is 17.3. The topological polar surface area (TPSA) is 51.0 Å². The van der Waals surface area contributed by atoms with Crippen LogP contribution >= 0.6 is 23.1 Å². The summed E-state index contributed by atoms with van der Waals surface area (Å²) in [5, 5.41) is 14.7. The van der Waals surface area contributed by atoms with Crippen LogP contribution in [0.3, 0.4) is 0 Å². The number of nitrogens with zero attached hydrogens (tertiary/aromatic N) is 1. The van der Waals surface area contributed by atoms with Gasteiger partial charge in [0.25, 0.3) is 0 Å². The molecule has 0 amide bonds. The molecule has 132 valence electrons. The molecular weight excluding hydrogens is 354 g/mol. The Morgan fingerprint density at radius 3 is 2.84 bits per heavy atom. The third-order valence-corrected chi connectivity index (χ3v) is 7.22. The van der Waals surface area contributed by atoms with Gasteiger partial charge in [0.2, 0.25) is 0 Å². The molecule has 1 fully saturated rings. The summed E-state index contributed by atoms with van der Waals surface area (Å²) >= 11 is 3.55. The highest BCUT2D eigenvalue weighted by Crippen LogP contribution is 2.42. The number of hydrogen-bond donors (Lipinski definition) is 1. The number of benzene rings is 1. The summed E-state index contributed by atoms with van der Waals surface area (Å²) in [7, 11) is 1.80. The van der Waals surface area contributed by atoms with Crippen molar-refractivity contribution in [2.75, 3.05) is 20.3 Å². The molecule has 1 saturated heterocycles. The molecule has 0 spiro atoms. The van der Waals surface area contributed by atoms with Gasteiger partial charge in [-0.05, 0) is 47.5 Å². The summed E-state index contributed by atoms with van der Waals surface area (Å²) < 4.78 is 12.7. The molecule has 1 aromatic heterocycles. The minimum Gasteiger partial charge on any atom is -0.411 e. The first-order chi connectivity index (χ1) is 12.2. The van der Waals surface area contributed by atoms with Crippen LogP contribution in [-0.4, -0.2) is 31.2 Å². The number of aryl methyl sites for hydroxylation is 1. The Labute approximate surface area is 155 Å². The van der Waals surface area contributed by atoms with E-state index in [1.54, 1.807) is 30.2 Å². The van der Waals surface area contributed by atoms with Crippen molar-refractivity contribution in [3.05, 3.63) is 46.3 Å². The second-order valence-electron chi connectivity index (χ2n) is 6.43. The van der Waals surface area contributed by atoms with Gasteiger partial charge in [-0.15, -0.1) is 11.3 Å². The first-order valence-electron chi connectivity index (χ1n) is 8.48. The van der Waals surface area contributed by atoms with E-state index in [0.29, 0.717) is 0 Å². The fourth-order valence-corrected chi connectivity index (χ4v) is 5.75. The van der Waals surface area contributed by atoms with Crippen LogP contribution in [0.1, 0.15) is 36.0 Å². The average Bonchev–Trinajstić information content (AvgIpc) is 3.29. The number of hydrogen-bond acceptors (Lipinski definition) is 6.